The first-order valence-corrected chi connectivity index (χ1v) is 8.03. The summed E-state index contributed by atoms with van der Waals surface area (Å²) in [6.07, 6.45) is 2.35. The third-order valence-electron chi connectivity index (χ3n) is 4.12. The maximum atomic E-state index is 13.9. The van der Waals surface area contributed by atoms with Crippen LogP contribution in [0, 0.1) is 5.82 Å². The molecule has 1 aromatic heterocycles. The molecule has 25 heavy (non-hydrogen) atoms. The molecule has 134 valence electrons. The van der Waals surface area contributed by atoms with Crippen LogP contribution in [0.1, 0.15) is 26.7 Å². The van der Waals surface area contributed by atoms with Crippen molar-refractivity contribution >= 4 is 17.5 Å². The highest BCUT2D eigenvalue weighted by Crippen LogP contribution is 2.25. The molecule has 6 nitrogen and oxygen atoms in total. The topological polar surface area (TPSA) is 91.6 Å². The highest BCUT2D eigenvalue weighted by atomic mass is 19.1. The average molecular weight is 348 g/mol. The Bertz CT molecular complexity index is 740. The van der Waals surface area contributed by atoms with Crippen LogP contribution in [0.5, 0.6) is 0 Å². The lowest BCUT2D eigenvalue weighted by Gasteiger charge is -2.25. The number of anilines is 1. The van der Waals surface area contributed by atoms with Gasteiger partial charge >= 0.3 is 11.8 Å². The van der Waals surface area contributed by atoms with E-state index >= 15 is 0 Å². The molecule has 0 aliphatic rings. The second kappa shape index (κ2) is 7.94. The van der Waals surface area contributed by atoms with E-state index in [-0.39, 0.29) is 12.2 Å². The van der Waals surface area contributed by atoms with E-state index in [0.717, 1.165) is 0 Å². The number of aliphatic hydroxyl groups is 1. The molecule has 7 heteroatoms. The van der Waals surface area contributed by atoms with Crippen LogP contribution in [-0.2, 0) is 9.59 Å². The molecule has 0 bridgehead atoms. The van der Waals surface area contributed by atoms with E-state index in [2.05, 4.69) is 10.6 Å². The number of furan rings is 1. The van der Waals surface area contributed by atoms with Crippen LogP contribution in [0.15, 0.2) is 41.0 Å². The lowest BCUT2D eigenvalue weighted by Crippen LogP contribution is -2.45. The first-order chi connectivity index (χ1) is 11.9. The predicted octanol–water partition coefficient (Wildman–Crippen LogP) is 2.69. The van der Waals surface area contributed by atoms with Crippen molar-refractivity contribution in [1.29, 1.82) is 0 Å². The Morgan fingerprint density at radius 3 is 2.52 bits per heavy atom. The molecule has 0 spiro atoms. The Balaban J connectivity index is 2.05. The van der Waals surface area contributed by atoms with Gasteiger partial charge in [-0.15, -0.1) is 0 Å². The minimum atomic E-state index is -1.07. The van der Waals surface area contributed by atoms with Crippen LogP contribution in [0.2, 0.25) is 0 Å². The van der Waals surface area contributed by atoms with E-state index < -0.39 is 23.2 Å². The van der Waals surface area contributed by atoms with Crippen LogP contribution in [0.4, 0.5) is 10.1 Å². The number of benzene rings is 1. The highest BCUT2D eigenvalue weighted by molar-refractivity contribution is 6.39. The summed E-state index contributed by atoms with van der Waals surface area (Å²) in [5.74, 6) is -2.11. The molecule has 1 aromatic carbocycles. The van der Waals surface area contributed by atoms with E-state index in [4.69, 9.17) is 4.42 Å². The fourth-order valence-corrected chi connectivity index (χ4v) is 2.22. The van der Waals surface area contributed by atoms with E-state index in [0.29, 0.717) is 24.2 Å². The summed E-state index contributed by atoms with van der Waals surface area (Å²) in [5.41, 5.74) is -0.635. The van der Waals surface area contributed by atoms with Gasteiger partial charge in [-0.05, 0) is 43.2 Å². The van der Waals surface area contributed by atoms with Crippen LogP contribution in [-0.4, -0.2) is 29.1 Å². The maximum Gasteiger partial charge on any atom is 0.313 e. The number of hydrogen-bond acceptors (Lipinski definition) is 4. The molecule has 0 atom stereocenters. The van der Waals surface area contributed by atoms with E-state index in [9.17, 15) is 19.1 Å². The quantitative estimate of drug-likeness (QED) is 0.700. The number of carbonyl (C=O) groups is 2. The van der Waals surface area contributed by atoms with Crippen LogP contribution < -0.4 is 10.6 Å². The summed E-state index contributed by atoms with van der Waals surface area (Å²) in [6.45, 7) is 3.51. The van der Waals surface area contributed by atoms with Crippen molar-refractivity contribution in [2.45, 2.75) is 32.3 Å². The van der Waals surface area contributed by atoms with Gasteiger partial charge in [0, 0.05) is 12.1 Å². The number of carbonyl (C=O) groups excluding carboxylic acids is 2. The summed E-state index contributed by atoms with van der Waals surface area (Å²) < 4.78 is 19.1. The molecule has 0 saturated heterocycles. The molecular formula is C18H21FN2O4. The van der Waals surface area contributed by atoms with Gasteiger partial charge in [-0.3, -0.25) is 9.59 Å². The van der Waals surface area contributed by atoms with E-state index in [1.54, 1.807) is 26.0 Å². The highest BCUT2D eigenvalue weighted by Gasteiger charge is 2.25. The molecule has 0 fully saturated rings. The normalized spacial score (nSPS) is 11.2. The standard InChI is InChI=1S/C18H21FN2O4/c1-3-18(24,4-2)11-20-16(22)17(23)21-14-10-12(7-8-13(14)19)15-6-5-9-25-15/h5-10,24H,3-4,11H2,1-2H3,(H,20,22)(H,21,23). The van der Waals surface area contributed by atoms with Crippen LogP contribution >= 0.6 is 0 Å². The first-order valence-electron chi connectivity index (χ1n) is 8.03. The maximum absolute atomic E-state index is 13.9. The molecule has 2 rings (SSSR count). The molecule has 1 heterocycles. The van der Waals surface area contributed by atoms with Crippen molar-refractivity contribution in [2.75, 3.05) is 11.9 Å². The lowest BCUT2D eigenvalue weighted by molar-refractivity contribution is -0.136. The molecule has 0 aliphatic heterocycles. The number of nitrogens with one attached hydrogen (secondary N) is 2. The minimum Gasteiger partial charge on any atom is -0.464 e. The van der Waals surface area contributed by atoms with Crippen LogP contribution in [0.3, 0.4) is 0 Å². The van der Waals surface area contributed by atoms with Gasteiger partial charge in [0.2, 0.25) is 0 Å². The third kappa shape index (κ3) is 4.67. The van der Waals surface area contributed by atoms with Crippen molar-refractivity contribution in [3.8, 4) is 11.3 Å². The molecule has 2 amide bonds. The average Bonchev–Trinajstić information content (AvgIpc) is 3.15. The number of rotatable bonds is 6. The largest absolute Gasteiger partial charge is 0.464 e. The van der Waals surface area contributed by atoms with Crippen molar-refractivity contribution in [3.63, 3.8) is 0 Å². The minimum absolute atomic E-state index is 0.0544. The number of hydrogen-bond donors (Lipinski definition) is 3. The summed E-state index contributed by atoms with van der Waals surface area (Å²) in [5, 5.41) is 14.7. The molecular weight excluding hydrogens is 327 g/mol. The summed E-state index contributed by atoms with van der Waals surface area (Å²) in [6, 6.07) is 7.45. The SMILES string of the molecule is CCC(O)(CC)CNC(=O)C(=O)Nc1cc(-c2ccco2)ccc1F. The van der Waals surface area contributed by atoms with Gasteiger partial charge in [0.15, 0.2) is 0 Å². The van der Waals surface area contributed by atoms with Gasteiger partial charge in [0.1, 0.15) is 11.6 Å². The lowest BCUT2D eigenvalue weighted by atomic mass is 9.98. The Hall–Kier alpha value is -2.67. The zero-order valence-corrected chi connectivity index (χ0v) is 14.1. The van der Waals surface area contributed by atoms with Crippen LogP contribution in [0.25, 0.3) is 11.3 Å². The summed E-state index contributed by atoms with van der Waals surface area (Å²) >= 11 is 0. The molecule has 0 unspecified atom stereocenters. The van der Waals surface area contributed by atoms with Gasteiger partial charge in [-0.1, -0.05) is 13.8 Å². The van der Waals surface area contributed by atoms with Crippen molar-refractivity contribution in [1.82, 2.24) is 5.32 Å². The fourth-order valence-electron chi connectivity index (χ4n) is 2.22. The smallest absolute Gasteiger partial charge is 0.313 e. The van der Waals surface area contributed by atoms with Gasteiger partial charge in [0.05, 0.1) is 17.6 Å². The van der Waals surface area contributed by atoms with Gasteiger partial charge < -0.3 is 20.2 Å². The van der Waals surface area contributed by atoms with Crippen molar-refractivity contribution < 1.29 is 23.5 Å². The Morgan fingerprint density at radius 2 is 1.92 bits per heavy atom. The monoisotopic (exact) mass is 348 g/mol. The molecule has 0 aliphatic carbocycles. The molecule has 0 saturated carbocycles. The molecule has 0 radical (unpaired) electrons. The predicted molar refractivity (Wildman–Crippen MR) is 91.3 cm³/mol. The zero-order valence-electron chi connectivity index (χ0n) is 14.1. The van der Waals surface area contributed by atoms with E-state index in [1.807, 2.05) is 0 Å². The fraction of sp³-hybridized carbons (Fsp3) is 0.333. The van der Waals surface area contributed by atoms with Gasteiger partial charge in [-0.25, -0.2) is 4.39 Å². The zero-order chi connectivity index (χ0) is 18.4. The van der Waals surface area contributed by atoms with Crippen molar-refractivity contribution in [2.24, 2.45) is 0 Å². The van der Waals surface area contributed by atoms with E-state index in [1.165, 1.54) is 24.5 Å². The Kier molecular flexibility index (Phi) is 5.93. The third-order valence-corrected chi connectivity index (χ3v) is 4.12. The second-order valence-corrected chi connectivity index (χ2v) is 5.74. The number of amides is 2. The Morgan fingerprint density at radius 1 is 1.20 bits per heavy atom. The summed E-state index contributed by atoms with van der Waals surface area (Å²) in [7, 11) is 0. The first kappa shape index (κ1) is 18.7. The summed E-state index contributed by atoms with van der Waals surface area (Å²) in [4.78, 5) is 23.8. The van der Waals surface area contributed by atoms with Gasteiger partial charge in [0.25, 0.3) is 0 Å². The molecule has 3 N–H and O–H groups in total. The number of halogens is 1. The van der Waals surface area contributed by atoms with Gasteiger partial charge in [-0.2, -0.15) is 0 Å². The van der Waals surface area contributed by atoms with Crippen molar-refractivity contribution in [3.05, 3.63) is 42.4 Å². The second-order valence-electron chi connectivity index (χ2n) is 5.74. The molecule has 2 aromatic rings. The Labute approximate surface area is 145 Å².